The number of carbonyl (C=O) groups is 2. The highest BCUT2D eigenvalue weighted by Gasteiger charge is 2.24. The Hall–Kier alpha value is -3.46. The Morgan fingerprint density at radius 3 is 2.56 bits per heavy atom. The van der Waals surface area contributed by atoms with Gasteiger partial charge in [-0.2, -0.15) is 0 Å². The van der Waals surface area contributed by atoms with Crippen molar-refractivity contribution in [3.8, 4) is 17.0 Å². The van der Waals surface area contributed by atoms with Crippen LogP contribution < -0.4 is 15.4 Å². The molecule has 2 aliphatic rings. The van der Waals surface area contributed by atoms with Crippen LogP contribution in [-0.2, 0) is 9.53 Å². The molecule has 3 aromatic rings. The molecule has 2 fully saturated rings. The topological polar surface area (TPSA) is 118 Å². The summed E-state index contributed by atoms with van der Waals surface area (Å²) < 4.78 is 10.6. The molecule has 5 rings (SSSR count). The lowest BCUT2D eigenvalue weighted by atomic mass is 10.1. The molecule has 0 radical (unpaired) electrons. The second-order valence-electron chi connectivity index (χ2n) is 10.2. The summed E-state index contributed by atoms with van der Waals surface area (Å²) in [6.07, 6.45) is 7.62. The summed E-state index contributed by atoms with van der Waals surface area (Å²) in [5, 5.41) is 6.45. The van der Waals surface area contributed by atoms with Gasteiger partial charge in [0, 0.05) is 17.8 Å². The lowest BCUT2D eigenvalue weighted by Gasteiger charge is -2.23. The predicted molar refractivity (Wildman–Crippen MR) is 138 cm³/mol. The van der Waals surface area contributed by atoms with Crippen molar-refractivity contribution in [1.29, 1.82) is 0 Å². The molecule has 36 heavy (non-hydrogen) atoms. The number of amides is 1. The highest BCUT2D eigenvalue weighted by atomic mass is 16.5. The first-order valence-electron chi connectivity index (χ1n) is 12.5. The third kappa shape index (κ3) is 6.81. The van der Waals surface area contributed by atoms with Crippen LogP contribution in [0.5, 0.6) is 5.75 Å². The molecular formula is C27H35N5O4. The SMILES string of the molecule is CC(C)(C)OC=O.O=C(NC1CCNCC1)c1c[nH]c2c(-c3ccccc3OCC3CC3)ncnc12. The molecule has 1 amide bonds. The van der Waals surface area contributed by atoms with Gasteiger partial charge in [0.25, 0.3) is 12.4 Å². The van der Waals surface area contributed by atoms with Gasteiger partial charge in [0.15, 0.2) is 0 Å². The van der Waals surface area contributed by atoms with Crippen molar-refractivity contribution in [1.82, 2.24) is 25.6 Å². The molecule has 0 atom stereocenters. The highest BCUT2D eigenvalue weighted by Crippen LogP contribution is 2.35. The predicted octanol–water partition coefficient (Wildman–Crippen LogP) is 3.85. The second kappa shape index (κ2) is 11.5. The van der Waals surface area contributed by atoms with Crippen molar-refractivity contribution < 1.29 is 19.1 Å². The van der Waals surface area contributed by atoms with Crippen LogP contribution in [-0.4, -0.2) is 58.7 Å². The number of ether oxygens (including phenoxy) is 2. The van der Waals surface area contributed by atoms with E-state index < -0.39 is 0 Å². The lowest BCUT2D eigenvalue weighted by molar-refractivity contribution is -0.138. The fourth-order valence-electron chi connectivity index (χ4n) is 3.97. The van der Waals surface area contributed by atoms with Crippen molar-refractivity contribution in [2.24, 2.45) is 5.92 Å². The number of hydrogen-bond acceptors (Lipinski definition) is 7. The fourth-order valence-corrected chi connectivity index (χ4v) is 3.97. The van der Waals surface area contributed by atoms with E-state index in [0.717, 1.165) is 55.1 Å². The van der Waals surface area contributed by atoms with Crippen LogP contribution in [0.15, 0.2) is 36.8 Å². The summed E-state index contributed by atoms with van der Waals surface area (Å²) in [6, 6.07) is 8.11. The number of fused-ring (bicyclic) bond motifs is 1. The second-order valence-corrected chi connectivity index (χ2v) is 10.2. The largest absolute Gasteiger partial charge is 0.493 e. The van der Waals surface area contributed by atoms with Gasteiger partial charge in [0.2, 0.25) is 0 Å². The van der Waals surface area contributed by atoms with E-state index in [1.54, 1.807) is 6.20 Å². The summed E-state index contributed by atoms with van der Waals surface area (Å²) in [4.78, 5) is 34.6. The van der Waals surface area contributed by atoms with Gasteiger partial charge in [-0.15, -0.1) is 0 Å². The zero-order valence-corrected chi connectivity index (χ0v) is 21.2. The Balaban J connectivity index is 0.000000384. The number of nitrogens with zero attached hydrogens (tertiary/aromatic N) is 2. The minimum Gasteiger partial charge on any atom is -0.493 e. The maximum absolute atomic E-state index is 12.9. The zero-order chi connectivity index (χ0) is 25.5. The molecule has 3 N–H and O–H groups in total. The summed E-state index contributed by atoms with van der Waals surface area (Å²) in [6.45, 7) is 8.52. The molecule has 2 aromatic heterocycles. The zero-order valence-electron chi connectivity index (χ0n) is 21.2. The molecule has 0 bridgehead atoms. The molecule has 0 unspecified atom stereocenters. The van der Waals surface area contributed by atoms with E-state index in [9.17, 15) is 9.59 Å². The van der Waals surface area contributed by atoms with E-state index in [1.165, 1.54) is 19.2 Å². The van der Waals surface area contributed by atoms with Crippen LogP contribution in [0, 0.1) is 5.92 Å². The van der Waals surface area contributed by atoms with E-state index in [-0.39, 0.29) is 17.6 Å². The van der Waals surface area contributed by atoms with E-state index in [1.807, 2.05) is 45.0 Å². The van der Waals surface area contributed by atoms with Crippen molar-refractivity contribution in [3.05, 3.63) is 42.4 Å². The molecule has 1 saturated carbocycles. The molecule has 1 aliphatic carbocycles. The smallest absolute Gasteiger partial charge is 0.293 e. The van der Waals surface area contributed by atoms with E-state index in [0.29, 0.717) is 23.5 Å². The lowest BCUT2D eigenvalue weighted by Crippen LogP contribution is -2.42. The van der Waals surface area contributed by atoms with Crippen LogP contribution >= 0.6 is 0 Å². The summed E-state index contributed by atoms with van der Waals surface area (Å²) in [5.41, 5.74) is 3.29. The molecule has 1 aliphatic heterocycles. The Morgan fingerprint density at radius 2 is 1.89 bits per heavy atom. The van der Waals surface area contributed by atoms with Gasteiger partial charge in [-0.1, -0.05) is 12.1 Å². The van der Waals surface area contributed by atoms with Crippen molar-refractivity contribution >= 4 is 23.4 Å². The number of H-pyrrole nitrogens is 1. The van der Waals surface area contributed by atoms with Gasteiger partial charge in [0.05, 0.1) is 17.7 Å². The molecule has 9 nitrogen and oxygen atoms in total. The van der Waals surface area contributed by atoms with Crippen molar-refractivity contribution in [3.63, 3.8) is 0 Å². The Kier molecular flexibility index (Phi) is 8.20. The minimum atomic E-state index is -0.318. The number of aromatic nitrogens is 3. The summed E-state index contributed by atoms with van der Waals surface area (Å²) >= 11 is 0. The van der Waals surface area contributed by atoms with Crippen LogP contribution in [0.25, 0.3) is 22.3 Å². The summed E-state index contributed by atoms with van der Waals surface area (Å²) in [5.74, 6) is 1.39. The van der Waals surface area contributed by atoms with Crippen LogP contribution in [0.1, 0.15) is 56.8 Å². The van der Waals surface area contributed by atoms with Crippen LogP contribution in [0.2, 0.25) is 0 Å². The average molecular weight is 494 g/mol. The molecule has 9 heteroatoms. The van der Waals surface area contributed by atoms with Gasteiger partial charge in [-0.3, -0.25) is 9.59 Å². The quantitative estimate of drug-likeness (QED) is 0.428. The van der Waals surface area contributed by atoms with Gasteiger partial charge in [-0.05, 0) is 77.6 Å². The number of para-hydroxylation sites is 1. The normalized spacial score (nSPS) is 16.1. The Labute approximate surface area is 211 Å². The number of carbonyl (C=O) groups excluding carboxylic acids is 2. The first-order valence-corrected chi connectivity index (χ1v) is 12.5. The standard InChI is InChI=1S/C22H25N5O2.C5H10O2/c28-22(27-15-7-9-23-10-8-15)17-11-24-21-19(25-13-26-20(17)21)16-3-1-2-4-18(16)29-12-14-5-6-14;1-5(2,3)7-4-6/h1-4,11,13-15,23-24H,5-10,12H2,(H,27,28);4H,1-3H3. The average Bonchev–Trinajstić information content (AvgIpc) is 3.59. The van der Waals surface area contributed by atoms with E-state index in [4.69, 9.17) is 4.74 Å². The number of hydrogen-bond donors (Lipinski definition) is 3. The maximum Gasteiger partial charge on any atom is 0.293 e. The van der Waals surface area contributed by atoms with Crippen molar-refractivity contribution in [2.75, 3.05) is 19.7 Å². The molecule has 1 saturated heterocycles. The number of benzene rings is 1. The van der Waals surface area contributed by atoms with Crippen molar-refractivity contribution in [2.45, 2.75) is 58.1 Å². The Bertz CT molecular complexity index is 1180. The molecule has 1 aromatic carbocycles. The first kappa shape index (κ1) is 25.6. The number of piperidine rings is 1. The minimum absolute atomic E-state index is 0.0916. The third-order valence-corrected chi connectivity index (χ3v) is 6.10. The monoisotopic (exact) mass is 493 g/mol. The first-order chi connectivity index (χ1) is 17.4. The van der Waals surface area contributed by atoms with E-state index in [2.05, 4.69) is 30.3 Å². The molecule has 3 heterocycles. The Morgan fingerprint density at radius 1 is 1.14 bits per heavy atom. The molecule has 0 spiro atoms. The number of aromatic amines is 1. The highest BCUT2D eigenvalue weighted by molar-refractivity contribution is 6.07. The maximum atomic E-state index is 12.9. The van der Waals surface area contributed by atoms with Gasteiger partial charge >= 0.3 is 0 Å². The van der Waals surface area contributed by atoms with E-state index >= 15 is 0 Å². The van der Waals surface area contributed by atoms with Crippen LogP contribution in [0.4, 0.5) is 0 Å². The fraction of sp³-hybridized carbons (Fsp3) is 0.481. The number of nitrogens with one attached hydrogen (secondary N) is 3. The van der Waals surface area contributed by atoms with Gasteiger partial charge in [0.1, 0.15) is 28.9 Å². The molecule has 192 valence electrons. The third-order valence-electron chi connectivity index (χ3n) is 6.10. The van der Waals surface area contributed by atoms with Gasteiger partial charge in [-0.25, -0.2) is 9.97 Å². The van der Waals surface area contributed by atoms with Crippen LogP contribution in [0.3, 0.4) is 0 Å². The summed E-state index contributed by atoms with van der Waals surface area (Å²) in [7, 11) is 0. The number of rotatable bonds is 7. The molecular weight excluding hydrogens is 458 g/mol. The van der Waals surface area contributed by atoms with Gasteiger partial charge < -0.3 is 25.1 Å².